The molecule has 0 aliphatic heterocycles. The first-order valence-electron chi connectivity index (χ1n) is 4.54. The number of hydrogen-bond donors (Lipinski definition) is 0. The molecule has 0 unspecified atom stereocenters. The van der Waals surface area contributed by atoms with Gasteiger partial charge in [-0.1, -0.05) is 0 Å². The molecule has 0 aliphatic rings. The average molecular weight is 219 g/mol. The first-order valence-corrected chi connectivity index (χ1v) is 4.54. The maximum atomic E-state index is 11.3. The molecule has 0 aliphatic carbocycles. The van der Waals surface area contributed by atoms with Gasteiger partial charge in [-0.3, -0.25) is 4.98 Å². The van der Waals surface area contributed by atoms with Gasteiger partial charge in [0.05, 0.1) is 13.3 Å². The fraction of sp³-hybridized carbons (Fsp3) is 0.200. The maximum absolute atomic E-state index is 11.3. The second-order valence-corrected chi connectivity index (χ2v) is 3.01. The summed E-state index contributed by atoms with van der Waals surface area (Å²) < 4.78 is 9.88. The van der Waals surface area contributed by atoms with Gasteiger partial charge in [-0.25, -0.2) is 14.8 Å². The summed E-state index contributed by atoms with van der Waals surface area (Å²) in [5.41, 5.74) is 0.629. The van der Waals surface area contributed by atoms with Gasteiger partial charge in [0.1, 0.15) is 11.5 Å². The number of rotatable bonds is 2. The van der Waals surface area contributed by atoms with Crippen molar-refractivity contribution < 1.29 is 13.9 Å². The number of hydrogen-bond acceptors (Lipinski definition) is 6. The molecule has 0 N–H and O–H groups in total. The van der Waals surface area contributed by atoms with Gasteiger partial charge in [0, 0.05) is 12.4 Å². The number of aromatic nitrogens is 3. The summed E-state index contributed by atoms with van der Waals surface area (Å²) in [5, 5.41) is 0. The van der Waals surface area contributed by atoms with Crippen molar-refractivity contribution in [3.8, 4) is 11.6 Å². The van der Waals surface area contributed by atoms with Gasteiger partial charge in [0.25, 0.3) is 0 Å². The minimum Gasteiger partial charge on any atom is -0.464 e. The molecule has 0 fully saturated rings. The van der Waals surface area contributed by atoms with E-state index in [2.05, 4.69) is 19.7 Å². The Morgan fingerprint density at radius 2 is 2.25 bits per heavy atom. The number of oxazole rings is 1. The van der Waals surface area contributed by atoms with Gasteiger partial charge in [-0.05, 0) is 6.92 Å². The number of esters is 1. The number of ether oxygens (including phenoxy) is 1. The number of carbonyl (C=O) groups is 1. The molecular formula is C10H9N3O3. The van der Waals surface area contributed by atoms with Crippen LogP contribution in [0.25, 0.3) is 11.6 Å². The molecule has 6 nitrogen and oxygen atoms in total. The van der Waals surface area contributed by atoms with Crippen LogP contribution in [0.2, 0.25) is 0 Å². The molecule has 2 rings (SSSR count). The zero-order valence-electron chi connectivity index (χ0n) is 8.80. The SMILES string of the molecule is COC(=O)c1nc(-c2cnccn2)oc1C. The average Bonchev–Trinajstić information content (AvgIpc) is 2.71. The third-order valence-corrected chi connectivity index (χ3v) is 1.96. The van der Waals surface area contributed by atoms with Crippen LogP contribution in [0, 0.1) is 6.92 Å². The lowest BCUT2D eigenvalue weighted by Gasteiger charge is -1.92. The van der Waals surface area contributed by atoms with E-state index in [-0.39, 0.29) is 11.6 Å². The van der Waals surface area contributed by atoms with Crippen molar-refractivity contribution in [3.05, 3.63) is 30.0 Å². The van der Waals surface area contributed by atoms with Crippen LogP contribution in [0.15, 0.2) is 23.0 Å². The molecule has 0 spiro atoms. The molecule has 0 aromatic carbocycles. The summed E-state index contributed by atoms with van der Waals surface area (Å²) >= 11 is 0. The van der Waals surface area contributed by atoms with Crippen LogP contribution in [-0.2, 0) is 4.74 Å². The van der Waals surface area contributed by atoms with Gasteiger partial charge in [-0.15, -0.1) is 0 Å². The minimum atomic E-state index is -0.531. The molecule has 0 atom stereocenters. The van der Waals surface area contributed by atoms with E-state index < -0.39 is 5.97 Å². The molecule has 82 valence electrons. The van der Waals surface area contributed by atoms with E-state index in [4.69, 9.17) is 4.42 Å². The van der Waals surface area contributed by atoms with E-state index >= 15 is 0 Å². The van der Waals surface area contributed by atoms with E-state index in [1.807, 2.05) is 0 Å². The molecule has 0 amide bonds. The van der Waals surface area contributed by atoms with E-state index in [1.54, 1.807) is 13.1 Å². The lowest BCUT2D eigenvalue weighted by molar-refractivity contribution is 0.0593. The van der Waals surface area contributed by atoms with Gasteiger partial charge in [-0.2, -0.15) is 0 Å². The van der Waals surface area contributed by atoms with Crippen molar-refractivity contribution in [2.24, 2.45) is 0 Å². The molecule has 2 aromatic rings. The van der Waals surface area contributed by atoms with Crippen LogP contribution < -0.4 is 0 Å². The van der Waals surface area contributed by atoms with Gasteiger partial charge >= 0.3 is 5.97 Å². The second kappa shape index (κ2) is 4.09. The molecule has 0 radical (unpaired) electrons. The van der Waals surface area contributed by atoms with Crippen molar-refractivity contribution in [2.75, 3.05) is 7.11 Å². The molecule has 16 heavy (non-hydrogen) atoms. The second-order valence-electron chi connectivity index (χ2n) is 3.01. The van der Waals surface area contributed by atoms with Gasteiger partial charge < -0.3 is 9.15 Å². The summed E-state index contributed by atoms with van der Waals surface area (Å²) in [5.74, 6) is 0.120. The van der Waals surface area contributed by atoms with E-state index in [1.165, 1.54) is 19.5 Å². The summed E-state index contributed by atoms with van der Waals surface area (Å²) in [4.78, 5) is 23.2. The molecular weight excluding hydrogens is 210 g/mol. The Kier molecular flexibility index (Phi) is 2.63. The Morgan fingerprint density at radius 1 is 1.44 bits per heavy atom. The first kappa shape index (κ1) is 10.3. The summed E-state index contributed by atoms with van der Waals surface area (Å²) in [6.07, 6.45) is 4.57. The van der Waals surface area contributed by atoms with Crippen molar-refractivity contribution in [2.45, 2.75) is 6.92 Å². The smallest absolute Gasteiger partial charge is 0.360 e. The molecule has 2 aromatic heterocycles. The van der Waals surface area contributed by atoms with Crippen LogP contribution in [0.5, 0.6) is 0 Å². The fourth-order valence-corrected chi connectivity index (χ4v) is 1.20. The largest absolute Gasteiger partial charge is 0.464 e. The highest BCUT2D eigenvalue weighted by Gasteiger charge is 2.18. The zero-order valence-corrected chi connectivity index (χ0v) is 8.80. The summed E-state index contributed by atoms with van der Waals surface area (Å²) in [6.45, 7) is 1.64. The molecule has 2 heterocycles. The Bertz CT molecular complexity index is 507. The van der Waals surface area contributed by atoms with Gasteiger partial charge in [0.2, 0.25) is 5.89 Å². The third-order valence-electron chi connectivity index (χ3n) is 1.96. The molecule has 0 saturated heterocycles. The highest BCUT2D eigenvalue weighted by atomic mass is 16.5. The normalized spacial score (nSPS) is 10.1. The number of carbonyl (C=O) groups excluding carboxylic acids is 1. The molecule has 0 bridgehead atoms. The van der Waals surface area contributed by atoms with Crippen molar-refractivity contribution in [1.29, 1.82) is 0 Å². The lowest BCUT2D eigenvalue weighted by atomic mass is 10.4. The lowest BCUT2D eigenvalue weighted by Crippen LogP contribution is -2.03. The standard InChI is InChI=1S/C10H9N3O3/c1-6-8(10(14)15-2)13-9(16-6)7-5-11-3-4-12-7/h3-5H,1-2H3. The highest BCUT2D eigenvalue weighted by Crippen LogP contribution is 2.19. The molecule has 6 heteroatoms. The predicted molar refractivity (Wildman–Crippen MR) is 53.6 cm³/mol. The van der Waals surface area contributed by atoms with Crippen molar-refractivity contribution in [1.82, 2.24) is 15.0 Å². The van der Waals surface area contributed by atoms with Crippen LogP contribution in [0.4, 0.5) is 0 Å². The van der Waals surface area contributed by atoms with Crippen molar-refractivity contribution in [3.63, 3.8) is 0 Å². The number of nitrogens with zero attached hydrogens (tertiary/aromatic N) is 3. The third kappa shape index (κ3) is 1.77. The van der Waals surface area contributed by atoms with E-state index in [0.717, 1.165) is 0 Å². The number of methoxy groups -OCH3 is 1. The topological polar surface area (TPSA) is 78.1 Å². The highest BCUT2D eigenvalue weighted by molar-refractivity contribution is 5.88. The van der Waals surface area contributed by atoms with Crippen molar-refractivity contribution >= 4 is 5.97 Å². The summed E-state index contributed by atoms with van der Waals surface area (Å²) in [7, 11) is 1.29. The fourth-order valence-electron chi connectivity index (χ4n) is 1.20. The van der Waals surface area contributed by atoms with Crippen LogP contribution in [0.1, 0.15) is 16.2 Å². The molecule has 0 saturated carbocycles. The Labute approximate surface area is 91.3 Å². The van der Waals surface area contributed by atoms with E-state index in [9.17, 15) is 4.79 Å². The maximum Gasteiger partial charge on any atom is 0.360 e. The van der Waals surface area contributed by atoms with Crippen LogP contribution in [-0.4, -0.2) is 28.0 Å². The Morgan fingerprint density at radius 3 is 2.88 bits per heavy atom. The van der Waals surface area contributed by atoms with Crippen LogP contribution in [0.3, 0.4) is 0 Å². The minimum absolute atomic E-state index is 0.156. The predicted octanol–water partition coefficient (Wildman–Crippen LogP) is 1.23. The first-order chi connectivity index (χ1) is 7.72. The Hall–Kier alpha value is -2.24. The quantitative estimate of drug-likeness (QED) is 0.707. The summed E-state index contributed by atoms with van der Waals surface area (Å²) in [6, 6.07) is 0. The zero-order chi connectivity index (χ0) is 11.5. The Balaban J connectivity index is 2.42. The number of aryl methyl sites for hydroxylation is 1. The van der Waals surface area contributed by atoms with Crippen LogP contribution >= 0.6 is 0 Å². The monoisotopic (exact) mass is 219 g/mol. The van der Waals surface area contributed by atoms with E-state index in [0.29, 0.717) is 11.5 Å². The van der Waals surface area contributed by atoms with Gasteiger partial charge in [0.15, 0.2) is 5.69 Å².